The highest BCUT2D eigenvalue weighted by atomic mass is 35.5. The number of thiazole rings is 1. The maximum Gasteiger partial charge on any atom is 0.404 e. The van der Waals surface area contributed by atoms with E-state index in [0.717, 1.165) is 43.9 Å². The first-order valence-electron chi connectivity index (χ1n) is 12.4. The lowest BCUT2D eigenvalue weighted by molar-refractivity contribution is 0.103. The second-order valence-electron chi connectivity index (χ2n) is 9.48. The van der Waals surface area contributed by atoms with Crippen molar-refractivity contribution in [2.45, 2.75) is 38.8 Å². The Bertz CT molecular complexity index is 1330. The quantitative estimate of drug-likeness (QED) is 0.287. The normalized spacial score (nSPS) is 18.6. The fourth-order valence-corrected chi connectivity index (χ4v) is 6.04. The number of amides is 2. The molecule has 2 bridgehead atoms. The molecule has 200 valence electrons. The molecule has 0 unspecified atom stereocenters. The molecule has 2 saturated heterocycles. The van der Waals surface area contributed by atoms with E-state index < -0.39 is 6.09 Å². The van der Waals surface area contributed by atoms with Gasteiger partial charge in [0.05, 0.1) is 16.9 Å². The maximum absolute atomic E-state index is 12.8. The fourth-order valence-electron chi connectivity index (χ4n) is 5.06. The summed E-state index contributed by atoms with van der Waals surface area (Å²) >= 11 is 7.48. The number of carboxylic acid groups (broad SMARTS) is 1. The number of carbonyl (C=O) groups is 2. The number of nitrogens with zero attached hydrogens (tertiary/aromatic N) is 5. The van der Waals surface area contributed by atoms with Gasteiger partial charge in [0.2, 0.25) is 0 Å². The number of aryl methyl sites for hydroxylation is 2. The van der Waals surface area contributed by atoms with E-state index in [1.54, 1.807) is 6.07 Å². The summed E-state index contributed by atoms with van der Waals surface area (Å²) in [6.07, 6.45) is 2.41. The lowest BCUT2D eigenvalue weighted by Gasteiger charge is -2.35. The van der Waals surface area contributed by atoms with Gasteiger partial charge in [-0.3, -0.25) is 9.69 Å². The molecule has 2 aromatic heterocycles. The molecule has 0 radical (unpaired) electrons. The largest absolute Gasteiger partial charge is 0.465 e. The molecule has 11 nitrogen and oxygen atoms in total. The van der Waals surface area contributed by atoms with Crippen molar-refractivity contribution in [1.82, 2.24) is 25.2 Å². The Kier molecular flexibility index (Phi) is 7.63. The molecule has 38 heavy (non-hydrogen) atoms. The van der Waals surface area contributed by atoms with Gasteiger partial charge in [-0.25, -0.2) is 19.7 Å². The number of fused-ring (bicyclic) bond motifs is 2. The Balaban J connectivity index is 1.21. The van der Waals surface area contributed by atoms with Gasteiger partial charge < -0.3 is 26.0 Å². The van der Waals surface area contributed by atoms with Crippen LogP contribution in [0.5, 0.6) is 0 Å². The SMILES string of the molecule is Cc1nc(Nc2ncc(C(=O)Nc3c(C)cccc3Cl)s2)cc(N2C[C@H]3C[C@@H]2CN3CCCNC(=O)O)n1. The third kappa shape index (κ3) is 5.82. The minimum Gasteiger partial charge on any atom is -0.465 e. The van der Waals surface area contributed by atoms with Crippen molar-refractivity contribution in [1.29, 1.82) is 0 Å². The zero-order chi connectivity index (χ0) is 26.8. The van der Waals surface area contributed by atoms with Crippen LogP contribution >= 0.6 is 22.9 Å². The first-order valence-corrected chi connectivity index (χ1v) is 13.6. The van der Waals surface area contributed by atoms with E-state index in [1.807, 2.05) is 32.0 Å². The summed E-state index contributed by atoms with van der Waals surface area (Å²) < 4.78 is 0. The Morgan fingerprint density at radius 1 is 1.21 bits per heavy atom. The van der Waals surface area contributed by atoms with Crippen molar-refractivity contribution in [2.24, 2.45) is 0 Å². The number of hydrogen-bond acceptors (Lipinski definition) is 9. The summed E-state index contributed by atoms with van der Waals surface area (Å²) in [6, 6.07) is 8.17. The van der Waals surface area contributed by atoms with Crippen LogP contribution in [0.4, 0.5) is 27.2 Å². The first-order chi connectivity index (χ1) is 18.3. The second-order valence-corrected chi connectivity index (χ2v) is 10.9. The molecule has 2 aliphatic heterocycles. The molecule has 2 amide bonds. The van der Waals surface area contributed by atoms with Crippen molar-refractivity contribution in [3.8, 4) is 0 Å². The Labute approximate surface area is 229 Å². The lowest BCUT2D eigenvalue weighted by Crippen LogP contribution is -2.47. The van der Waals surface area contributed by atoms with Crippen molar-refractivity contribution in [3.05, 3.63) is 51.7 Å². The maximum atomic E-state index is 12.8. The molecule has 2 fully saturated rings. The summed E-state index contributed by atoms with van der Waals surface area (Å²) in [4.78, 5) is 42.2. The predicted octanol–water partition coefficient (Wildman–Crippen LogP) is 4.12. The van der Waals surface area contributed by atoms with E-state index in [-0.39, 0.29) is 5.91 Å². The standard InChI is InChI=1S/C25H29ClN8O3S/c1-14-5-3-6-18(26)22(14)32-23(35)19-11-28-24(38-19)31-20-10-21(30-15(2)29-20)34-13-16-9-17(34)12-33(16)8-4-7-27-25(36)37/h3,5-6,10-11,16-17,27H,4,7-9,12-13H2,1-2H3,(H,32,35)(H,36,37)(H,28,29,30,31)/t16-,17-/m1/s1. The van der Waals surface area contributed by atoms with Crippen LogP contribution in [0.1, 0.15) is 33.9 Å². The van der Waals surface area contributed by atoms with Gasteiger partial charge in [0.1, 0.15) is 22.3 Å². The highest BCUT2D eigenvalue weighted by molar-refractivity contribution is 7.17. The van der Waals surface area contributed by atoms with Crippen LogP contribution in [0.15, 0.2) is 30.5 Å². The van der Waals surface area contributed by atoms with Crippen LogP contribution in [0.2, 0.25) is 5.02 Å². The van der Waals surface area contributed by atoms with Crippen LogP contribution < -0.4 is 20.9 Å². The Morgan fingerprint density at radius 2 is 2.05 bits per heavy atom. The summed E-state index contributed by atoms with van der Waals surface area (Å²) in [5, 5.41) is 18.3. The molecule has 4 heterocycles. The number of rotatable bonds is 9. The Hall–Kier alpha value is -3.48. The molecule has 0 saturated carbocycles. The number of para-hydroxylation sites is 1. The second kappa shape index (κ2) is 11.1. The topological polar surface area (TPSA) is 136 Å². The van der Waals surface area contributed by atoms with E-state index in [4.69, 9.17) is 16.7 Å². The van der Waals surface area contributed by atoms with Crippen LogP contribution in [0.3, 0.4) is 0 Å². The highest BCUT2D eigenvalue weighted by Crippen LogP contribution is 2.35. The Morgan fingerprint density at radius 3 is 2.79 bits per heavy atom. The van der Waals surface area contributed by atoms with Crippen LogP contribution in [0, 0.1) is 13.8 Å². The van der Waals surface area contributed by atoms with Crippen molar-refractivity contribution in [3.63, 3.8) is 0 Å². The van der Waals surface area contributed by atoms with Gasteiger partial charge in [0, 0.05) is 44.3 Å². The summed E-state index contributed by atoms with van der Waals surface area (Å²) in [7, 11) is 0. The molecule has 5 rings (SSSR count). The van der Waals surface area contributed by atoms with Gasteiger partial charge in [0.25, 0.3) is 5.91 Å². The molecule has 13 heteroatoms. The average molecular weight is 557 g/mol. The number of hydrogen-bond donors (Lipinski definition) is 4. The van der Waals surface area contributed by atoms with E-state index in [1.165, 1.54) is 17.5 Å². The first kappa shape index (κ1) is 26.1. The molecule has 3 aromatic rings. The lowest BCUT2D eigenvalue weighted by atomic mass is 10.2. The molecule has 0 spiro atoms. The fraction of sp³-hybridized carbons (Fsp3) is 0.400. The van der Waals surface area contributed by atoms with Gasteiger partial charge in [-0.05, 0) is 38.3 Å². The number of benzene rings is 1. The number of likely N-dealkylation sites (tertiary alicyclic amines) is 1. The van der Waals surface area contributed by atoms with Crippen LogP contribution in [-0.2, 0) is 0 Å². The molecule has 0 aliphatic carbocycles. The van der Waals surface area contributed by atoms with Crippen molar-refractivity contribution in [2.75, 3.05) is 41.7 Å². The van der Waals surface area contributed by atoms with E-state index in [2.05, 4.69) is 40.7 Å². The molecular weight excluding hydrogens is 528 g/mol. The zero-order valence-corrected chi connectivity index (χ0v) is 22.6. The van der Waals surface area contributed by atoms with Crippen molar-refractivity contribution < 1.29 is 14.7 Å². The molecular formula is C25H29ClN8O3S. The van der Waals surface area contributed by atoms with Gasteiger partial charge in [-0.15, -0.1) is 0 Å². The average Bonchev–Trinajstić information content (AvgIpc) is 3.60. The van der Waals surface area contributed by atoms with E-state index in [0.29, 0.717) is 51.0 Å². The van der Waals surface area contributed by atoms with E-state index >= 15 is 0 Å². The number of aromatic nitrogens is 3. The summed E-state index contributed by atoms with van der Waals surface area (Å²) in [6.45, 7) is 6.89. The number of carbonyl (C=O) groups excluding carboxylic acids is 1. The van der Waals surface area contributed by atoms with E-state index in [9.17, 15) is 9.59 Å². The number of nitrogens with one attached hydrogen (secondary N) is 3. The minimum atomic E-state index is -0.980. The number of piperazine rings is 1. The molecule has 2 aliphatic rings. The van der Waals surface area contributed by atoms with Crippen LogP contribution in [-0.4, -0.2) is 75.2 Å². The number of halogens is 1. The minimum absolute atomic E-state index is 0.275. The number of anilines is 4. The molecule has 4 N–H and O–H groups in total. The van der Waals surface area contributed by atoms with Crippen molar-refractivity contribution >= 4 is 57.4 Å². The van der Waals surface area contributed by atoms with Gasteiger partial charge >= 0.3 is 6.09 Å². The van der Waals surface area contributed by atoms with Gasteiger partial charge in [-0.2, -0.15) is 0 Å². The molecule has 2 atom stereocenters. The highest BCUT2D eigenvalue weighted by Gasteiger charge is 2.43. The zero-order valence-electron chi connectivity index (χ0n) is 21.1. The monoisotopic (exact) mass is 556 g/mol. The van der Waals surface area contributed by atoms with Crippen LogP contribution in [0.25, 0.3) is 0 Å². The third-order valence-corrected chi connectivity index (χ3v) is 8.02. The summed E-state index contributed by atoms with van der Waals surface area (Å²) in [5.41, 5.74) is 1.47. The third-order valence-electron chi connectivity index (χ3n) is 6.80. The summed E-state index contributed by atoms with van der Waals surface area (Å²) in [5.74, 6) is 1.86. The van der Waals surface area contributed by atoms with Gasteiger partial charge in [-0.1, -0.05) is 35.1 Å². The molecule has 1 aromatic carbocycles. The predicted molar refractivity (Wildman–Crippen MR) is 148 cm³/mol. The smallest absolute Gasteiger partial charge is 0.404 e. The van der Waals surface area contributed by atoms with Gasteiger partial charge in [0.15, 0.2) is 5.13 Å².